The van der Waals surface area contributed by atoms with Gasteiger partial charge in [0.05, 0.1) is 37.2 Å². The SMILES string of the molecule is CCC(CC)Nc1cnc2c(c1)c(NC(=O)[C@@H]1CCOC1)c(C(=O)OC)n2CCCc1ccccc1. The highest BCUT2D eigenvalue weighted by Crippen LogP contribution is 2.34. The molecule has 8 nitrogen and oxygen atoms in total. The van der Waals surface area contributed by atoms with Crippen molar-refractivity contribution in [3.8, 4) is 0 Å². The summed E-state index contributed by atoms with van der Waals surface area (Å²) in [5.74, 6) is -0.898. The number of amides is 1. The molecule has 0 aliphatic carbocycles. The van der Waals surface area contributed by atoms with Crippen LogP contribution in [0.4, 0.5) is 11.4 Å². The molecular weight excluding hydrogens is 456 g/mol. The van der Waals surface area contributed by atoms with Crippen LogP contribution in [0.5, 0.6) is 0 Å². The molecule has 0 radical (unpaired) electrons. The number of carbonyl (C=O) groups excluding carboxylic acids is 2. The molecule has 0 spiro atoms. The first kappa shape index (κ1) is 25.7. The van der Waals surface area contributed by atoms with Gasteiger partial charge >= 0.3 is 5.97 Å². The number of nitrogens with zero attached hydrogens (tertiary/aromatic N) is 2. The molecule has 1 atom stereocenters. The van der Waals surface area contributed by atoms with Gasteiger partial charge in [-0.1, -0.05) is 44.2 Å². The Kier molecular flexibility index (Phi) is 8.59. The molecule has 1 aromatic carbocycles. The third-order valence-corrected chi connectivity index (χ3v) is 6.87. The molecule has 1 fully saturated rings. The number of benzene rings is 1. The predicted molar refractivity (Wildman–Crippen MR) is 141 cm³/mol. The highest BCUT2D eigenvalue weighted by atomic mass is 16.5. The molecule has 3 aromatic rings. The van der Waals surface area contributed by atoms with Gasteiger partial charge in [-0.3, -0.25) is 4.79 Å². The van der Waals surface area contributed by atoms with Crippen molar-refractivity contribution < 1.29 is 19.1 Å². The van der Waals surface area contributed by atoms with Crippen LogP contribution < -0.4 is 10.6 Å². The van der Waals surface area contributed by atoms with E-state index in [9.17, 15) is 9.59 Å². The molecule has 1 aliphatic heterocycles. The minimum Gasteiger partial charge on any atom is -0.464 e. The van der Waals surface area contributed by atoms with Crippen LogP contribution >= 0.6 is 0 Å². The Morgan fingerprint density at radius 2 is 2.00 bits per heavy atom. The van der Waals surface area contributed by atoms with E-state index >= 15 is 0 Å². The van der Waals surface area contributed by atoms with Crippen molar-refractivity contribution in [3.05, 3.63) is 53.9 Å². The van der Waals surface area contributed by atoms with Crippen molar-refractivity contribution in [2.45, 2.75) is 58.5 Å². The Balaban J connectivity index is 1.74. The summed E-state index contributed by atoms with van der Waals surface area (Å²) in [5, 5.41) is 7.28. The van der Waals surface area contributed by atoms with Crippen molar-refractivity contribution in [2.24, 2.45) is 5.92 Å². The molecule has 3 heterocycles. The number of anilines is 2. The number of carbonyl (C=O) groups is 2. The Morgan fingerprint density at radius 1 is 1.22 bits per heavy atom. The standard InChI is InChI=1S/C28H36N4O4/c1-4-21(5-2)30-22-16-23-24(31-27(33)20-13-15-36-18-20)25(28(34)35-3)32(26(23)29-17-22)14-9-12-19-10-7-6-8-11-19/h6-8,10-11,16-17,20-21,30H,4-5,9,12-15,18H2,1-3H3,(H,31,33)/t20-/m1/s1. The lowest BCUT2D eigenvalue weighted by atomic mass is 10.1. The number of hydrogen-bond donors (Lipinski definition) is 2. The van der Waals surface area contributed by atoms with E-state index in [0.717, 1.165) is 36.8 Å². The van der Waals surface area contributed by atoms with Crippen molar-refractivity contribution in [2.75, 3.05) is 31.0 Å². The van der Waals surface area contributed by atoms with Crippen molar-refractivity contribution in [3.63, 3.8) is 0 Å². The van der Waals surface area contributed by atoms with E-state index in [2.05, 4.69) is 36.6 Å². The highest BCUT2D eigenvalue weighted by Gasteiger charge is 2.29. The Labute approximate surface area is 212 Å². The van der Waals surface area contributed by atoms with Gasteiger partial charge in [0.2, 0.25) is 5.91 Å². The molecule has 8 heteroatoms. The van der Waals surface area contributed by atoms with E-state index in [-0.39, 0.29) is 11.8 Å². The number of aryl methyl sites for hydroxylation is 2. The van der Waals surface area contributed by atoms with Crippen LogP contribution in [-0.4, -0.2) is 47.8 Å². The third-order valence-electron chi connectivity index (χ3n) is 6.87. The average Bonchev–Trinajstić information content (AvgIpc) is 3.55. The number of hydrogen-bond acceptors (Lipinski definition) is 6. The summed E-state index contributed by atoms with van der Waals surface area (Å²) >= 11 is 0. The zero-order chi connectivity index (χ0) is 25.5. The second kappa shape index (κ2) is 12.0. The molecule has 0 unspecified atom stereocenters. The second-order valence-electron chi connectivity index (χ2n) is 9.26. The lowest BCUT2D eigenvalue weighted by Crippen LogP contribution is -2.24. The van der Waals surface area contributed by atoms with Crippen LogP contribution in [0.2, 0.25) is 0 Å². The monoisotopic (exact) mass is 492 g/mol. The van der Waals surface area contributed by atoms with Gasteiger partial charge in [0.15, 0.2) is 5.69 Å². The van der Waals surface area contributed by atoms with Crippen molar-refractivity contribution in [1.82, 2.24) is 9.55 Å². The van der Waals surface area contributed by atoms with E-state index in [1.807, 2.05) is 28.8 Å². The zero-order valence-corrected chi connectivity index (χ0v) is 21.4. The molecular formula is C28H36N4O4. The molecule has 0 saturated carbocycles. The smallest absolute Gasteiger partial charge is 0.356 e. The molecule has 1 amide bonds. The van der Waals surface area contributed by atoms with Crippen LogP contribution in [0.25, 0.3) is 11.0 Å². The number of fused-ring (bicyclic) bond motifs is 1. The second-order valence-corrected chi connectivity index (χ2v) is 9.26. The third kappa shape index (κ3) is 5.70. The van der Waals surface area contributed by atoms with Gasteiger partial charge in [-0.2, -0.15) is 0 Å². The van der Waals surface area contributed by atoms with Crippen LogP contribution in [0.3, 0.4) is 0 Å². The fourth-order valence-electron chi connectivity index (χ4n) is 4.74. The lowest BCUT2D eigenvalue weighted by molar-refractivity contribution is -0.119. The van der Waals surface area contributed by atoms with E-state index in [1.165, 1.54) is 12.7 Å². The summed E-state index contributed by atoms with van der Waals surface area (Å²) in [6.07, 6.45) is 6.08. The largest absolute Gasteiger partial charge is 0.464 e. The number of pyridine rings is 1. The minimum absolute atomic E-state index is 0.153. The van der Waals surface area contributed by atoms with Gasteiger partial charge in [0.25, 0.3) is 0 Å². The van der Waals surface area contributed by atoms with E-state index < -0.39 is 5.97 Å². The van der Waals surface area contributed by atoms with Crippen molar-refractivity contribution in [1.29, 1.82) is 0 Å². The van der Waals surface area contributed by atoms with Gasteiger partial charge in [-0.05, 0) is 43.7 Å². The first-order valence-electron chi connectivity index (χ1n) is 12.8. The first-order valence-corrected chi connectivity index (χ1v) is 12.8. The minimum atomic E-state index is -0.500. The first-order chi connectivity index (χ1) is 17.5. The number of nitrogens with one attached hydrogen (secondary N) is 2. The summed E-state index contributed by atoms with van der Waals surface area (Å²) < 4.78 is 12.5. The van der Waals surface area contributed by atoms with Gasteiger partial charge in [0, 0.05) is 24.6 Å². The Bertz CT molecular complexity index is 1180. The van der Waals surface area contributed by atoms with Crippen LogP contribution in [-0.2, 0) is 27.2 Å². The number of esters is 1. The Morgan fingerprint density at radius 3 is 2.67 bits per heavy atom. The molecule has 4 rings (SSSR count). The number of ether oxygens (including phenoxy) is 2. The topological polar surface area (TPSA) is 94.5 Å². The maximum atomic E-state index is 13.1. The average molecular weight is 493 g/mol. The summed E-state index contributed by atoms with van der Waals surface area (Å²) in [6.45, 7) is 5.79. The summed E-state index contributed by atoms with van der Waals surface area (Å²) in [7, 11) is 1.36. The van der Waals surface area contributed by atoms with E-state index in [0.29, 0.717) is 49.2 Å². The normalized spacial score (nSPS) is 15.4. The van der Waals surface area contributed by atoms with Crippen LogP contribution in [0.1, 0.15) is 55.6 Å². The molecule has 36 heavy (non-hydrogen) atoms. The van der Waals surface area contributed by atoms with E-state index in [4.69, 9.17) is 14.5 Å². The molecule has 192 valence electrons. The van der Waals surface area contributed by atoms with Gasteiger partial charge in [0.1, 0.15) is 5.65 Å². The number of aromatic nitrogens is 2. The van der Waals surface area contributed by atoms with Gasteiger partial charge in [-0.15, -0.1) is 0 Å². The lowest BCUT2D eigenvalue weighted by Gasteiger charge is -2.16. The summed E-state index contributed by atoms with van der Waals surface area (Å²) in [6, 6.07) is 12.5. The summed E-state index contributed by atoms with van der Waals surface area (Å²) in [4.78, 5) is 30.9. The number of rotatable bonds is 11. The highest BCUT2D eigenvalue weighted by molar-refractivity contribution is 6.11. The molecule has 1 aliphatic rings. The zero-order valence-electron chi connectivity index (χ0n) is 21.4. The van der Waals surface area contributed by atoms with E-state index in [1.54, 1.807) is 6.20 Å². The fourth-order valence-corrected chi connectivity index (χ4v) is 4.74. The van der Waals surface area contributed by atoms with Crippen LogP contribution in [0.15, 0.2) is 42.6 Å². The quantitative estimate of drug-likeness (QED) is 0.365. The maximum absolute atomic E-state index is 13.1. The molecule has 0 bridgehead atoms. The molecule has 2 aromatic heterocycles. The molecule has 1 saturated heterocycles. The number of methoxy groups -OCH3 is 1. The maximum Gasteiger partial charge on any atom is 0.356 e. The Hall–Kier alpha value is -3.39. The van der Waals surface area contributed by atoms with Gasteiger partial charge < -0.3 is 24.7 Å². The summed E-state index contributed by atoms with van der Waals surface area (Å²) in [5.41, 5.74) is 3.51. The fraction of sp³-hybridized carbons (Fsp3) is 0.464. The van der Waals surface area contributed by atoms with Crippen LogP contribution in [0, 0.1) is 5.92 Å². The molecule has 2 N–H and O–H groups in total. The van der Waals surface area contributed by atoms with Gasteiger partial charge in [-0.25, -0.2) is 9.78 Å². The predicted octanol–water partition coefficient (Wildman–Crippen LogP) is 5.03. The van der Waals surface area contributed by atoms with Crippen molar-refractivity contribution >= 4 is 34.3 Å².